The molecule has 0 fully saturated rings. The maximum absolute atomic E-state index is 13.2. The fourth-order valence-electron chi connectivity index (χ4n) is 4.82. The number of aliphatic hydroxyl groups is 2. The van der Waals surface area contributed by atoms with Gasteiger partial charge >= 0.3 is 0 Å². The van der Waals surface area contributed by atoms with E-state index < -0.39 is 30.1 Å². The van der Waals surface area contributed by atoms with Crippen LogP contribution in [0.1, 0.15) is 48.0 Å². The smallest absolute Gasteiger partial charge is 0.247 e. The van der Waals surface area contributed by atoms with Crippen molar-refractivity contribution >= 4 is 23.9 Å². The van der Waals surface area contributed by atoms with E-state index in [4.69, 9.17) is 14.2 Å². The van der Waals surface area contributed by atoms with Gasteiger partial charge in [-0.25, -0.2) is 0 Å². The van der Waals surface area contributed by atoms with E-state index in [0.29, 0.717) is 29.6 Å². The van der Waals surface area contributed by atoms with Gasteiger partial charge in [0.1, 0.15) is 24.3 Å². The summed E-state index contributed by atoms with van der Waals surface area (Å²) in [4.78, 5) is 50.8. The number of ketones is 1. The molecule has 4 atom stereocenters. The number of hydrogen-bond donors (Lipinski definition) is 3. The highest BCUT2D eigenvalue weighted by Gasteiger charge is 2.51. The number of methoxy groups -OCH3 is 2. The summed E-state index contributed by atoms with van der Waals surface area (Å²) in [5, 5.41) is 23.3. The first kappa shape index (κ1) is 28.3. The van der Waals surface area contributed by atoms with E-state index >= 15 is 0 Å². The quantitative estimate of drug-likeness (QED) is 0.314. The van der Waals surface area contributed by atoms with E-state index in [0.717, 1.165) is 0 Å². The molecule has 0 bridgehead atoms. The number of ether oxygens (including phenoxy) is 3. The summed E-state index contributed by atoms with van der Waals surface area (Å²) in [5.41, 5.74) is 1.05. The molecule has 3 rings (SSSR count). The Morgan fingerprint density at radius 3 is 2.59 bits per heavy atom. The molecule has 0 saturated heterocycles. The third-order valence-corrected chi connectivity index (χ3v) is 6.55. The van der Waals surface area contributed by atoms with Gasteiger partial charge in [0.15, 0.2) is 11.5 Å². The van der Waals surface area contributed by atoms with Crippen molar-refractivity contribution in [3.05, 3.63) is 34.9 Å². The molecular weight excluding hydrogens is 484 g/mol. The van der Waals surface area contributed by atoms with E-state index in [1.165, 1.54) is 38.2 Å². The van der Waals surface area contributed by atoms with E-state index in [1.54, 1.807) is 6.07 Å². The third kappa shape index (κ3) is 6.17. The van der Waals surface area contributed by atoms with Crippen LogP contribution in [0.2, 0.25) is 0 Å². The van der Waals surface area contributed by atoms with Crippen molar-refractivity contribution in [3.63, 3.8) is 0 Å². The van der Waals surface area contributed by atoms with Crippen LogP contribution in [0, 0.1) is 0 Å². The van der Waals surface area contributed by atoms with Crippen LogP contribution in [0.3, 0.4) is 0 Å². The first-order valence-corrected chi connectivity index (χ1v) is 12.2. The molecule has 1 aliphatic carbocycles. The van der Waals surface area contributed by atoms with Gasteiger partial charge in [0.2, 0.25) is 11.8 Å². The molecular formula is C26H34N2O9. The molecule has 1 aromatic rings. The zero-order valence-corrected chi connectivity index (χ0v) is 21.3. The van der Waals surface area contributed by atoms with Gasteiger partial charge in [-0.2, -0.15) is 0 Å². The number of aldehydes is 1. The highest BCUT2D eigenvalue weighted by atomic mass is 16.5. The number of carbonyl (C=O) groups excluding carboxylic acids is 4. The van der Waals surface area contributed by atoms with Crippen LogP contribution in [0.25, 0.3) is 0 Å². The van der Waals surface area contributed by atoms with Crippen LogP contribution in [-0.4, -0.2) is 97.8 Å². The number of nitrogens with one attached hydrogen (secondary N) is 1. The van der Waals surface area contributed by atoms with E-state index in [-0.39, 0.29) is 62.2 Å². The topological polar surface area (TPSA) is 152 Å². The van der Waals surface area contributed by atoms with Gasteiger partial charge in [0, 0.05) is 49.7 Å². The molecule has 4 unspecified atom stereocenters. The average Bonchev–Trinajstić information content (AvgIpc) is 3.27. The van der Waals surface area contributed by atoms with Crippen molar-refractivity contribution in [1.82, 2.24) is 10.2 Å². The standard InChI is InChI=1S/C26H34N2O9/c1-15(31)5-4-6-21(32)28(8-10-35-2)19-13-18(26(34)27-7-9-29)22-17-11-16(14-30)12-20(36-3)24(17)37-25(22)23(19)33/h11-14,19,22-23,25,29,33H,4-10H2,1-3H3,(H,27,34). The van der Waals surface area contributed by atoms with Crippen molar-refractivity contribution in [1.29, 1.82) is 0 Å². The third-order valence-electron chi connectivity index (χ3n) is 6.55. The Morgan fingerprint density at radius 2 is 1.97 bits per heavy atom. The number of rotatable bonds is 13. The fourth-order valence-corrected chi connectivity index (χ4v) is 4.82. The van der Waals surface area contributed by atoms with Crippen LogP contribution < -0.4 is 14.8 Å². The maximum Gasteiger partial charge on any atom is 0.247 e. The summed E-state index contributed by atoms with van der Waals surface area (Å²) in [7, 11) is 2.91. The second-order valence-corrected chi connectivity index (χ2v) is 9.04. The summed E-state index contributed by atoms with van der Waals surface area (Å²) in [6, 6.07) is 2.17. The summed E-state index contributed by atoms with van der Waals surface area (Å²) < 4.78 is 16.7. The number of fused-ring (bicyclic) bond motifs is 3. The van der Waals surface area contributed by atoms with Crippen LogP contribution in [0.4, 0.5) is 0 Å². The Morgan fingerprint density at radius 1 is 1.22 bits per heavy atom. The zero-order chi connectivity index (χ0) is 27.1. The van der Waals surface area contributed by atoms with Gasteiger partial charge in [-0.1, -0.05) is 0 Å². The molecule has 2 amide bonds. The van der Waals surface area contributed by atoms with Crippen molar-refractivity contribution in [2.45, 2.75) is 50.4 Å². The Bertz CT molecular complexity index is 1050. The van der Waals surface area contributed by atoms with Gasteiger partial charge in [-0.3, -0.25) is 14.4 Å². The molecule has 0 spiro atoms. The Kier molecular flexibility index (Phi) is 9.79. The summed E-state index contributed by atoms with van der Waals surface area (Å²) in [6.07, 6.45) is 0.695. The first-order valence-electron chi connectivity index (χ1n) is 12.2. The SMILES string of the molecule is COCCN(C(=O)CCCC(C)=O)C1C=C(C(=O)NCCO)C2c3cc(C=O)cc(OC)c3OC2C1O. The molecule has 202 valence electrons. The monoisotopic (exact) mass is 518 g/mol. The van der Waals surface area contributed by atoms with Crippen LogP contribution >= 0.6 is 0 Å². The molecule has 1 aliphatic heterocycles. The minimum atomic E-state index is -1.23. The van der Waals surface area contributed by atoms with Crippen LogP contribution in [0.15, 0.2) is 23.8 Å². The molecule has 1 aromatic carbocycles. The molecule has 37 heavy (non-hydrogen) atoms. The molecule has 11 heteroatoms. The number of Topliss-reactive ketones (excluding diaryl/α,β-unsaturated/α-hetero) is 1. The van der Waals surface area contributed by atoms with Gasteiger partial charge in [0.25, 0.3) is 0 Å². The zero-order valence-electron chi connectivity index (χ0n) is 21.3. The molecule has 0 aromatic heterocycles. The van der Waals surface area contributed by atoms with Crippen LogP contribution in [0.5, 0.6) is 11.5 Å². The Balaban J connectivity index is 2.05. The average molecular weight is 519 g/mol. The molecule has 0 radical (unpaired) electrons. The minimum absolute atomic E-state index is 0.00353. The second kappa shape index (κ2) is 12.8. The number of benzene rings is 1. The van der Waals surface area contributed by atoms with Crippen LogP contribution in [-0.2, 0) is 19.1 Å². The van der Waals surface area contributed by atoms with Gasteiger partial charge in [-0.15, -0.1) is 0 Å². The minimum Gasteiger partial charge on any atom is -0.493 e. The van der Waals surface area contributed by atoms with Crippen molar-refractivity contribution in [2.75, 3.05) is 40.5 Å². The molecule has 11 nitrogen and oxygen atoms in total. The second-order valence-electron chi connectivity index (χ2n) is 9.04. The Labute approximate surface area is 215 Å². The van der Waals surface area contributed by atoms with E-state index in [9.17, 15) is 29.4 Å². The summed E-state index contributed by atoms with van der Waals surface area (Å²) >= 11 is 0. The number of carbonyl (C=O) groups is 4. The lowest BCUT2D eigenvalue weighted by atomic mass is 9.77. The predicted octanol–water partition coefficient (Wildman–Crippen LogP) is 0.365. The number of nitrogens with zero attached hydrogens (tertiary/aromatic N) is 1. The maximum atomic E-state index is 13.2. The summed E-state index contributed by atoms with van der Waals surface area (Å²) in [6.45, 7) is 1.51. The molecule has 3 N–H and O–H groups in total. The van der Waals surface area contributed by atoms with Gasteiger partial charge in [-0.05, 0) is 31.6 Å². The fraction of sp³-hybridized carbons (Fsp3) is 0.538. The van der Waals surface area contributed by atoms with E-state index in [2.05, 4.69) is 5.32 Å². The largest absolute Gasteiger partial charge is 0.493 e. The predicted molar refractivity (Wildman–Crippen MR) is 132 cm³/mol. The van der Waals surface area contributed by atoms with Gasteiger partial charge in [0.05, 0.1) is 32.3 Å². The lowest BCUT2D eigenvalue weighted by molar-refractivity contribution is -0.138. The highest BCUT2D eigenvalue weighted by molar-refractivity contribution is 5.96. The lowest BCUT2D eigenvalue weighted by Crippen LogP contribution is -2.56. The van der Waals surface area contributed by atoms with E-state index in [1.807, 2.05) is 0 Å². The highest BCUT2D eigenvalue weighted by Crippen LogP contribution is 2.51. The summed E-state index contributed by atoms with van der Waals surface area (Å²) in [5.74, 6) is -0.984. The van der Waals surface area contributed by atoms with Crippen molar-refractivity contribution in [2.24, 2.45) is 0 Å². The van der Waals surface area contributed by atoms with Gasteiger partial charge < -0.3 is 39.4 Å². The van der Waals surface area contributed by atoms with Crippen molar-refractivity contribution in [3.8, 4) is 11.5 Å². The number of aliphatic hydroxyl groups excluding tert-OH is 2. The van der Waals surface area contributed by atoms with Crippen molar-refractivity contribution < 1.29 is 43.6 Å². The molecule has 0 saturated carbocycles. The normalized spacial score (nSPS) is 21.7. The Hall–Kier alpha value is -3.28. The first-order chi connectivity index (χ1) is 17.8. The molecule has 2 aliphatic rings. The number of amides is 2. The lowest BCUT2D eigenvalue weighted by Gasteiger charge is -2.40. The molecule has 1 heterocycles. The number of hydrogen-bond acceptors (Lipinski definition) is 9.